The number of methoxy groups -OCH3 is 1. The van der Waals surface area contributed by atoms with Gasteiger partial charge in [-0.15, -0.1) is 0 Å². The highest BCUT2D eigenvalue weighted by atomic mass is 79.9. The fraction of sp³-hybridized carbons (Fsp3) is 0.0345. The van der Waals surface area contributed by atoms with E-state index in [2.05, 4.69) is 26.0 Å². The number of ether oxygens (including phenoxy) is 2. The largest absolute Gasteiger partial charge is 0.493 e. The molecule has 0 fully saturated rings. The second-order valence-corrected chi connectivity index (χ2v) is 10.2. The summed E-state index contributed by atoms with van der Waals surface area (Å²) in [4.78, 5) is 32.8. The molecule has 6 aromatic rings. The molecule has 3 heterocycles. The molecule has 0 bridgehead atoms. The van der Waals surface area contributed by atoms with Gasteiger partial charge in [0.2, 0.25) is 11.7 Å². The van der Waals surface area contributed by atoms with Crippen LogP contribution in [0.5, 0.6) is 17.4 Å². The van der Waals surface area contributed by atoms with Crippen LogP contribution in [0.1, 0.15) is 5.56 Å². The number of fused-ring (bicyclic) bond motifs is 2. The van der Waals surface area contributed by atoms with Gasteiger partial charge in [0.05, 0.1) is 29.2 Å². The summed E-state index contributed by atoms with van der Waals surface area (Å²) in [6.45, 7) is 0. The zero-order valence-corrected chi connectivity index (χ0v) is 23.9. The second kappa shape index (κ2) is 11.1. The molecule has 0 spiro atoms. The van der Waals surface area contributed by atoms with Crippen molar-refractivity contribution in [2.24, 2.45) is 5.10 Å². The van der Waals surface area contributed by atoms with E-state index in [-0.39, 0.29) is 28.9 Å². The first-order valence-electron chi connectivity index (χ1n) is 12.2. The van der Waals surface area contributed by atoms with Crippen molar-refractivity contribution in [1.82, 2.24) is 14.6 Å². The molecule has 3 aromatic heterocycles. The molecular formula is C29H17BrClN5O6. The Balaban J connectivity index is 1.50. The molecule has 208 valence electrons. The maximum absolute atomic E-state index is 13.7. The summed E-state index contributed by atoms with van der Waals surface area (Å²) in [5.74, 6) is 0.990. The zero-order valence-electron chi connectivity index (χ0n) is 21.5. The average molecular weight is 647 g/mol. The van der Waals surface area contributed by atoms with E-state index in [4.69, 9.17) is 30.5 Å². The fourth-order valence-corrected chi connectivity index (χ4v) is 4.82. The molecule has 42 heavy (non-hydrogen) atoms. The Hall–Kier alpha value is -5.07. The van der Waals surface area contributed by atoms with Crippen molar-refractivity contribution in [3.63, 3.8) is 0 Å². The first-order valence-corrected chi connectivity index (χ1v) is 13.4. The first kappa shape index (κ1) is 27.1. The third kappa shape index (κ3) is 5.20. The molecule has 0 amide bonds. The van der Waals surface area contributed by atoms with E-state index in [1.807, 2.05) is 18.2 Å². The van der Waals surface area contributed by atoms with E-state index in [1.54, 1.807) is 36.4 Å². The van der Waals surface area contributed by atoms with Crippen LogP contribution in [0.25, 0.3) is 33.5 Å². The summed E-state index contributed by atoms with van der Waals surface area (Å²) < 4.78 is 19.5. The molecule has 0 unspecified atom stereocenters. The summed E-state index contributed by atoms with van der Waals surface area (Å²) >= 11 is 9.81. The van der Waals surface area contributed by atoms with Crippen LogP contribution in [0.3, 0.4) is 0 Å². The zero-order chi connectivity index (χ0) is 29.4. The lowest BCUT2D eigenvalue weighted by Crippen LogP contribution is -2.20. The maximum atomic E-state index is 13.7. The van der Waals surface area contributed by atoms with Crippen LogP contribution >= 0.6 is 27.5 Å². The Morgan fingerprint density at radius 2 is 1.95 bits per heavy atom. The number of rotatable bonds is 7. The molecule has 13 heteroatoms. The van der Waals surface area contributed by atoms with Crippen molar-refractivity contribution < 1.29 is 18.8 Å². The lowest BCUT2D eigenvalue weighted by atomic mass is 10.2. The number of benzene rings is 3. The number of aromatic nitrogens is 3. The topological polar surface area (TPSA) is 135 Å². The predicted octanol–water partition coefficient (Wildman–Crippen LogP) is 7.21. The summed E-state index contributed by atoms with van der Waals surface area (Å²) in [6.07, 6.45) is 2.44. The minimum absolute atomic E-state index is 0.0644. The highest BCUT2D eigenvalue weighted by molar-refractivity contribution is 9.10. The standard InChI is InChI=1S/C29H17BrClN5O6/c1-40-24-13-19(31)11-17(27(24)42-26-9-7-20(15-32-26)36(38)39)14-33-35-28(34-22-5-3-2-4-21(22)29(35)37)25-12-16-10-18(30)6-8-23(16)41-25/h2-15H,1H3. The molecule has 6 rings (SSSR count). The summed E-state index contributed by atoms with van der Waals surface area (Å²) in [5.41, 5.74) is 0.794. The highest BCUT2D eigenvalue weighted by Crippen LogP contribution is 2.37. The second-order valence-electron chi connectivity index (χ2n) is 8.85. The van der Waals surface area contributed by atoms with Crippen LogP contribution in [0.4, 0.5) is 5.69 Å². The van der Waals surface area contributed by atoms with E-state index in [0.29, 0.717) is 32.8 Å². The smallest absolute Gasteiger partial charge is 0.287 e. The van der Waals surface area contributed by atoms with Crippen LogP contribution in [0.2, 0.25) is 5.02 Å². The van der Waals surface area contributed by atoms with Gasteiger partial charge in [-0.3, -0.25) is 14.9 Å². The molecule has 0 atom stereocenters. The summed E-state index contributed by atoms with van der Waals surface area (Å²) in [5, 5.41) is 17.0. The van der Waals surface area contributed by atoms with Gasteiger partial charge < -0.3 is 13.9 Å². The average Bonchev–Trinajstić information content (AvgIpc) is 3.41. The number of hydrogen-bond acceptors (Lipinski definition) is 9. The molecule has 0 aliphatic carbocycles. The van der Waals surface area contributed by atoms with E-state index in [9.17, 15) is 14.9 Å². The van der Waals surface area contributed by atoms with Crippen molar-refractivity contribution in [2.45, 2.75) is 0 Å². The molecule has 0 aliphatic rings. The van der Waals surface area contributed by atoms with Gasteiger partial charge in [0, 0.05) is 38.6 Å². The normalized spacial score (nSPS) is 11.4. The van der Waals surface area contributed by atoms with E-state index in [0.717, 1.165) is 20.7 Å². The lowest BCUT2D eigenvalue weighted by Gasteiger charge is -2.13. The Bertz CT molecular complexity index is 2090. The predicted molar refractivity (Wildman–Crippen MR) is 161 cm³/mol. The van der Waals surface area contributed by atoms with Crippen LogP contribution in [-0.2, 0) is 0 Å². The molecule has 11 nitrogen and oxygen atoms in total. The summed E-state index contributed by atoms with van der Waals surface area (Å²) in [6, 6.07) is 20.0. The monoisotopic (exact) mass is 645 g/mol. The number of halogens is 2. The Morgan fingerprint density at radius 3 is 2.71 bits per heavy atom. The van der Waals surface area contributed by atoms with Crippen LogP contribution in [0.15, 0.2) is 97.8 Å². The molecular weight excluding hydrogens is 630 g/mol. The van der Waals surface area contributed by atoms with Gasteiger partial charge in [-0.05, 0) is 42.5 Å². The minimum Gasteiger partial charge on any atom is -0.493 e. The Kier molecular flexibility index (Phi) is 7.15. The third-order valence-electron chi connectivity index (χ3n) is 6.17. The molecule has 3 aromatic carbocycles. The van der Waals surface area contributed by atoms with Crippen LogP contribution in [-0.4, -0.2) is 32.9 Å². The van der Waals surface area contributed by atoms with Gasteiger partial charge >= 0.3 is 0 Å². The van der Waals surface area contributed by atoms with Crippen molar-refractivity contribution >= 4 is 61.3 Å². The number of para-hydroxylation sites is 1. The van der Waals surface area contributed by atoms with Gasteiger partial charge in [0.1, 0.15) is 11.8 Å². The molecule has 0 saturated heterocycles. The number of furan rings is 1. The lowest BCUT2D eigenvalue weighted by molar-refractivity contribution is -0.385. The Morgan fingerprint density at radius 1 is 1.12 bits per heavy atom. The SMILES string of the molecule is COc1cc(Cl)cc(C=Nn2c(-c3cc4cc(Br)ccc4o3)nc3ccccc3c2=O)c1Oc1ccc([N+](=O)[O-])cn1. The van der Waals surface area contributed by atoms with Crippen molar-refractivity contribution in [3.05, 3.63) is 115 Å². The van der Waals surface area contributed by atoms with E-state index in [1.165, 1.54) is 31.5 Å². The van der Waals surface area contributed by atoms with Gasteiger partial charge in [-0.1, -0.05) is 39.7 Å². The molecule has 0 N–H and O–H groups in total. The molecule has 0 radical (unpaired) electrons. The first-order chi connectivity index (χ1) is 20.3. The van der Waals surface area contributed by atoms with Crippen molar-refractivity contribution in [2.75, 3.05) is 7.11 Å². The number of pyridine rings is 1. The highest BCUT2D eigenvalue weighted by Gasteiger charge is 2.18. The van der Waals surface area contributed by atoms with Crippen LogP contribution < -0.4 is 15.0 Å². The third-order valence-corrected chi connectivity index (χ3v) is 6.88. The molecule has 0 saturated carbocycles. The maximum Gasteiger partial charge on any atom is 0.287 e. The summed E-state index contributed by atoms with van der Waals surface area (Å²) in [7, 11) is 1.43. The number of nitrogens with zero attached hydrogens (tertiary/aromatic N) is 5. The number of hydrogen-bond donors (Lipinski definition) is 0. The quantitative estimate of drug-likeness (QED) is 0.101. The molecule has 0 aliphatic heterocycles. The fourth-order valence-electron chi connectivity index (χ4n) is 4.23. The van der Waals surface area contributed by atoms with Crippen molar-refractivity contribution in [1.29, 1.82) is 0 Å². The van der Waals surface area contributed by atoms with Crippen LogP contribution in [0, 0.1) is 10.1 Å². The van der Waals surface area contributed by atoms with Gasteiger partial charge in [-0.2, -0.15) is 9.78 Å². The van der Waals surface area contributed by atoms with E-state index < -0.39 is 10.5 Å². The van der Waals surface area contributed by atoms with Gasteiger partial charge in [0.15, 0.2) is 17.3 Å². The Labute approximate surface area is 249 Å². The number of nitro groups is 1. The van der Waals surface area contributed by atoms with Crippen molar-refractivity contribution in [3.8, 4) is 29.0 Å². The van der Waals surface area contributed by atoms with Gasteiger partial charge in [-0.25, -0.2) is 9.97 Å². The van der Waals surface area contributed by atoms with Gasteiger partial charge in [0.25, 0.3) is 11.2 Å². The minimum atomic E-state index is -0.564. The van der Waals surface area contributed by atoms with E-state index >= 15 is 0 Å².